The molecule has 1 N–H and O–H groups in total. The molecule has 0 fully saturated rings. The van der Waals surface area contributed by atoms with Gasteiger partial charge >= 0.3 is 0 Å². The minimum absolute atomic E-state index is 0.135. The molecule has 0 spiro atoms. The summed E-state index contributed by atoms with van der Waals surface area (Å²) in [5.74, 6) is 0.742. The summed E-state index contributed by atoms with van der Waals surface area (Å²) >= 11 is 5.91. The van der Waals surface area contributed by atoms with Crippen molar-refractivity contribution in [3.8, 4) is 11.4 Å². The van der Waals surface area contributed by atoms with Crippen LogP contribution in [-0.4, -0.2) is 38.5 Å². The van der Waals surface area contributed by atoms with E-state index in [1.54, 1.807) is 17.7 Å². The zero-order valence-electron chi connectivity index (χ0n) is 11.2. The quantitative estimate of drug-likeness (QED) is 0.642. The lowest BCUT2D eigenvalue weighted by Crippen LogP contribution is -2.10. The van der Waals surface area contributed by atoms with Gasteiger partial charge in [0.25, 0.3) is 5.69 Å². The van der Waals surface area contributed by atoms with Gasteiger partial charge in [0.1, 0.15) is 6.61 Å². The molecule has 112 valence electrons. The molecule has 0 atom stereocenters. The largest absolute Gasteiger partial charge is 0.388 e. The highest BCUT2D eigenvalue weighted by Crippen LogP contribution is 2.27. The second-order valence-corrected chi connectivity index (χ2v) is 4.63. The number of hydrogen-bond acceptors (Lipinski definition) is 6. The normalized spacial score (nSPS) is 10.8. The Labute approximate surface area is 125 Å². The number of methoxy groups -OCH3 is 1. The Balaban J connectivity index is 2.50. The number of aromatic nitrogens is 3. The standard InChI is InChI=1S/C12H13ClN4O4/c1-21-3-2-16-11(7-18)14-15-12(16)8-4-9(13)6-10(5-8)17(19)20/h4-6,18H,2-3,7H2,1H3. The highest BCUT2D eigenvalue weighted by Gasteiger charge is 2.17. The molecule has 2 aromatic rings. The van der Waals surface area contributed by atoms with Crippen molar-refractivity contribution in [3.05, 3.63) is 39.2 Å². The Kier molecular flexibility index (Phi) is 4.84. The molecular formula is C12H13ClN4O4. The second kappa shape index (κ2) is 6.61. The van der Waals surface area contributed by atoms with Crippen molar-refractivity contribution in [1.82, 2.24) is 14.8 Å². The molecule has 21 heavy (non-hydrogen) atoms. The second-order valence-electron chi connectivity index (χ2n) is 4.20. The van der Waals surface area contributed by atoms with E-state index in [1.165, 1.54) is 12.1 Å². The van der Waals surface area contributed by atoms with Gasteiger partial charge < -0.3 is 14.4 Å². The van der Waals surface area contributed by atoms with Crippen molar-refractivity contribution in [3.63, 3.8) is 0 Å². The predicted molar refractivity (Wildman–Crippen MR) is 74.9 cm³/mol. The fourth-order valence-electron chi connectivity index (χ4n) is 1.89. The number of non-ortho nitro benzene ring substituents is 1. The number of rotatable bonds is 6. The summed E-state index contributed by atoms with van der Waals surface area (Å²) in [4.78, 5) is 10.4. The van der Waals surface area contributed by atoms with Crippen molar-refractivity contribution in [2.24, 2.45) is 0 Å². The fraction of sp³-hybridized carbons (Fsp3) is 0.333. The van der Waals surface area contributed by atoms with Crippen LogP contribution in [0.25, 0.3) is 11.4 Å². The van der Waals surface area contributed by atoms with E-state index in [9.17, 15) is 15.2 Å². The Morgan fingerprint density at radius 1 is 1.43 bits per heavy atom. The van der Waals surface area contributed by atoms with Gasteiger partial charge in [0, 0.05) is 36.4 Å². The maximum absolute atomic E-state index is 10.9. The van der Waals surface area contributed by atoms with Crippen LogP contribution in [0.4, 0.5) is 5.69 Å². The molecule has 0 radical (unpaired) electrons. The van der Waals surface area contributed by atoms with Gasteiger partial charge in [-0.05, 0) is 6.07 Å². The maximum Gasteiger partial charge on any atom is 0.271 e. The first-order chi connectivity index (χ1) is 10.1. The van der Waals surface area contributed by atoms with Crippen molar-refractivity contribution in [2.75, 3.05) is 13.7 Å². The lowest BCUT2D eigenvalue weighted by molar-refractivity contribution is -0.384. The third-order valence-electron chi connectivity index (χ3n) is 2.84. The smallest absolute Gasteiger partial charge is 0.271 e. The van der Waals surface area contributed by atoms with E-state index in [2.05, 4.69) is 10.2 Å². The van der Waals surface area contributed by atoms with E-state index in [1.807, 2.05) is 0 Å². The van der Waals surface area contributed by atoms with Crippen LogP contribution in [0.5, 0.6) is 0 Å². The van der Waals surface area contributed by atoms with Crippen LogP contribution >= 0.6 is 11.6 Å². The molecule has 0 amide bonds. The number of aliphatic hydroxyl groups is 1. The van der Waals surface area contributed by atoms with E-state index in [4.69, 9.17) is 16.3 Å². The maximum atomic E-state index is 10.9. The molecule has 9 heteroatoms. The molecule has 1 heterocycles. The first-order valence-electron chi connectivity index (χ1n) is 6.04. The molecule has 0 saturated heterocycles. The van der Waals surface area contributed by atoms with Crippen LogP contribution in [0.2, 0.25) is 5.02 Å². The van der Waals surface area contributed by atoms with Gasteiger partial charge in [-0.25, -0.2) is 0 Å². The number of nitro benzene ring substituents is 1. The molecule has 0 aliphatic rings. The van der Waals surface area contributed by atoms with Crippen LogP contribution in [-0.2, 0) is 17.9 Å². The summed E-state index contributed by atoms with van der Waals surface area (Å²) in [6, 6.07) is 4.18. The highest BCUT2D eigenvalue weighted by molar-refractivity contribution is 6.31. The van der Waals surface area contributed by atoms with E-state index in [0.717, 1.165) is 0 Å². The SMILES string of the molecule is COCCn1c(CO)nnc1-c1cc(Cl)cc([N+](=O)[O-])c1. The van der Waals surface area contributed by atoms with Crippen LogP contribution in [0.3, 0.4) is 0 Å². The van der Waals surface area contributed by atoms with Crippen molar-refractivity contribution in [1.29, 1.82) is 0 Å². The van der Waals surface area contributed by atoms with Gasteiger partial charge in [-0.15, -0.1) is 10.2 Å². The molecule has 0 unspecified atom stereocenters. The van der Waals surface area contributed by atoms with E-state index in [0.29, 0.717) is 30.4 Å². The number of halogens is 1. The van der Waals surface area contributed by atoms with Gasteiger partial charge in [0.05, 0.1) is 11.5 Å². The van der Waals surface area contributed by atoms with Crippen LogP contribution in [0.15, 0.2) is 18.2 Å². The topological polar surface area (TPSA) is 103 Å². The number of nitro groups is 1. The minimum atomic E-state index is -0.530. The lowest BCUT2D eigenvalue weighted by atomic mass is 10.2. The van der Waals surface area contributed by atoms with Gasteiger partial charge in [0.2, 0.25) is 0 Å². The predicted octanol–water partition coefficient (Wildman–Crippen LogP) is 1.65. The fourth-order valence-corrected chi connectivity index (χ4v) is 2.12. The van der Waals surface area contributed by atoms with Crippen LogP contribution < -0.4 is 0 Å². The average Bonchev–Trinajstić information content (AvgIpc) is 2.87. The van der Waals surface area contributed by atoms with Crippen LogP contribution in [0.1, 0.15) is 5.82 Å². The molecule has 0 saturated carbocycles. The van der Waals surface area contributed by atoms with Gasteiger partial charge in [0.15, 0.2) is 11.6 Å². The Bertz CT molecular complexity index is 659. The Morgan fingerprint density at radius 2 is 2.19 bits per heavy atom. The van der Waals surface area contributed by atoms with Crippen molar-refractivity contribution in [2.45, 2.75) is 13.2 Å². The van der Waals surface area contributed by atoms with Crippen molar-refractivity contribution < 1.29 is 14.8 Å². The van der Waals surface area contributed by atoms with Crippen molar-refractivity contribution >= 4 is 17.3 Å². The number of hydrogen-bond donors (Lipinski definition) is 1. The molecular weight excluding hydrogens is 300 g/mol. The summed E-state index contributed by atoms with van der Waals surface area (Å²) in [6.07, 6.45) is 0. The molecule has 8 nitrogen and oxygen atoms in total. The number of benzene rings is 1. The number of nitrogens with zero attached hydrogens (tertiary/aromatic N) is 4. The third-order valence-corrected chi connectivity index (χ3v) is 3.06. The Morgan fingerprint density at radius 3 is 2.81 bits per heavy atom. The summed E-state index contributed by atoms with van der Waals surface area (Å²) in [5.41, 5.74) is 0.321. The molecule has 1 aromatic carbocycles. The first-order valence-corrected chi connectivity index (χ1v) is 6.42. The highest BCUT2D eigenvalue weighted by atomic mass is 35.5. The average molecular weight is 313 g/mol. The summed E-state index contributed by atoms with van der Waals surface area (Å²) < 4.78 is 6.64. The molecule has 2 rings (SSSR count). The number of ether oxygens (including phenoxy) is 1. The molecule has 0 aliphatic heterocycles. The van der Waals surface area contributed by atoms with E-state index in [-0.39, 0.29) is 17.3 Å². The number of aliphatic hydroxyl groups excluding tert-OH is 1. The monoisotopic (exact) mass is 312 g/mol. The first kappa shape index (κ1) is 15.4. The van der Waals surface area contributed by atoms with E-state index < -0.39 is 4.92 Å². The zero-order chi connectivity index (χ0) is 15.4. The summed E-state index contributed by atoms with van der Waals surface area (Å²) in [5, 5.41) is 28.2. The minimum Gasteiger partial charge on any atom is -0.388 e. The molecule has 1 aromatic heterocycles. The third kappa shape index (κ3) is 3.35. The van der Waals surface area contributed by atoms with E-state index >= 15 is 0 Å². The zero-order valence-corrected chi connectivity index (χ0v) is 11.9. The Hall–Kier alpha value is -2.03. The summed E-state index contributed by atoms with van der Waals surface area (Å²) in [6.45, 7) is 0.509. The molecule has 0 bridgehead atoms. The van der Waals surface area contributed by atoms with Gasteiger partial charge in [-0.3, -0.25) is 10.1 Å². The van der Waals surface area contributed by atoms with Gasteiger partial charge in [-0.1, -0.05) is 11.6 Å². The molecule has 0 aliphatic carbocycles. The van der Waals surface area contributed by atoms with Gasteiger partial charge in [-0.2, -0.15) is 0 Å². The lowest BCUT2D eigenvalue weighted by Gasteiger charge is -2.09. The van der Waals surface area contributed by atoms with Crippen LogP contribution in [0, 0.1) is 10.1 Å². The summed E-state index contributed by atoms with van der Waals surface area (Å²) in [7, 11) is 1.55.